The van der Waals surface area contributed by atoms with Crippen LogP contribution in [0.4, 0.5) is 5.69 Å². The summed E-state index contributed by atoms with van der Waals surface area (Å²) in [6.45, 7) is 10.8. The first kappa shape index (κ1) is 16.7. The van der Waals surface area contributed by atoms with Gasteiger partial charge in [0.05, 0.1) is 12.2 Å². The molecular weight excluding hydrogens is 306 g/mol. The van der Waals surface area contributed by atoms with Crippen molar-refractivity contribution in [3.05, 3.63) is 24.3 Å². The molecule has 0 aromatic heterocycles. The largest absolute Gasteiger partial charge is 0.360 e. The number of hydrogen-bond acceptors (Lipinski definition) is 4. The van der Waals surface area contributed by atoms with Gasteiger partial charge in [-0.15, -0.1) is 11.8 Å². The molecule has 5 heteroatoms. The predicted molar refractivity (Wildman–Crippen MR) is 97.3 cm³/mol. The third kappa shape index (κ3) is 4.01. The molecule has 23 heavy (non-hydrogen) atoms. The highest BCUT2D eigenvalue weighted by Gasteiger charge is 2.27. The summed E-state index contributed by atoms with van der Waals surface area (Å²) in [5.41, 5.74) is 1.22. The van der Waals surface area contributed by atoms with E-state index in [1.807, 2.05) is 16.7 Å². The van der Waals surface area contributed by atoms with Crippen LogP contribution in [-0.4, -0.2) is 66.8 Å². The van der Waals surface area contributed by atoms with Crippen LogP contribution in [0, 0.1) is 0 Å². The van der Waals surface area contributed by atoms with Gasteiger partial charge >= 0.3 is 0 Å². The van der Waals surface area contributed by atoms with Crippen molar-refractivity contribution in [2.24, 2.45) is 0 Å². The SMILES string of the molecule is CCCN1CCN(C(=O)CN2C[C@@H](C)Sc3ccccc32)CC1. The number of piperazine rings is 1. The molecule has 1 aromatic rings. The van der Waals surface area contributed by atoms with Crippen LogP contribution in [-0.2, 0) is 4.79 Å². The number of hydrogen-bond donors (Lipinski definition) is 0. The lowest BCUT2D eigenvalue weighted by Crippen LogP contribution is -2.52. The Kier molecular flexibility index (Phi) is 5.49. The molecule has 0 spiro atoms. The van der Waals surface area contributed by atoms with Crippen LogP contribution in [0.1, 0.15) is 20.3 Å². The molecule has 0 saturated carbocycles. The molecule has 4 nitrogen and oxygen atoms in total. The van der Waals surface area contributed by atoms with Crippen molar-refractivity contribution in [1.82, 2.24) is 9.80 Å². The van der Waals surface area contributed by atoms with E-state index >= 15 is 0 Å². The zero-order valence-electron chi connectivity index (χ0n) is 14.2. The van der Waals surface area contributed by atoms with Crippen molar-refractivity contribution in [3.63, 3.8) is 0 Å². The Morgan fingerprint density at radius 1 is 1.22 bits per heavy atom. The van der Waals surface area contributed by atoms with Gasteiger partial charge < -0.3 is 9.80 Å². The molecule has 1 atom stereocenters. The normalized spacial score (nSPS) is 22.1. The molecule has 2 heterocycles. The van der Waals surface area contributed by atoms with E-state index in [-0.39, 0.29) is 5.91 Å². The molecule has 126 valence electrons. The lowest BCUT2D eigenvalue weighted by molar-refractivity contribution is -0.131. The Hall–Kier alpha value is -1.20. The van der Waals surface area contributed by atoms with Gasteiger partial charge in [0, 0.05) is 42.9 Å². The number of fused-ring (bicyclic) bond motifs is 1. The Labute approximate surface area is 143 Å². The van der Waals surface area contributed by atoms with E-state index in [9.17, 15) is 4.79 Å². The summed E-state index contributed by atoms with van der Waals surface area (Å²) in [6.07, 6.45) is 1.19. The number of nitrogens with zero attached hydrogens (tertiary/aromatic N) is 3. The molecular formula is C18H27N3OS. The van der Waals surface area contributed by atoms with E-state index in [0.29, 0.717) is 11.8 Å². The Morgan fingerprint density at radius 2 is 1.96 bits per heavy atom. The minimum absolute atomic E-state index is 0.273. The lowest BCUT2D eigenvalue weighted by Gasteiger charge is -2.38. The first-order valence-corrected chi connectivity index (χ1v) is 9.56. The quantitative estimate of drug-likeness (QED) is 0.846. The summed E-state index contributed by atoms with van der Waals surface area (Å²) in [5, 5.41) is 0.527. The van der Waals surface area contributed by atoms with Gasteiger partial charge in [-0.05, 0) is 25.1 Å². The van der Waals surface area contributed by atoms with Gasteiger partial charge in [0.15, 0.2) is 0 Å². The Bertz CT molecular complexity index is 543. The predicted octanol–water partition coefficient (Wildman–Crippen LogP) is 2.54. The van der Waals surface area contributed by atoms with E-state index in [1.54, 1.807) is 0 Å². The van der Waals surface area contributed by atoms with E-state index in [1.165, 1.54) is 17.0 Å². The smallest absolute Gasteiger partial charge is 0.242 e. The first-order chi connectivity index (χ1) is 11.2. The summed E-state index contributed by atoms with van der Waals surface area (Å²) < 4.78 is 0. The topological polar surface area (TPSA) is 26.8 Å². The molecule has 2 aliphatic rings. The maximum absolute atomic E-state index is 12.7. The van der Waals surface area contributed by atoms with Crippen molar-refractivity contribution in [2.45, 2.75) is 30.4 Å². The molecule has 1 amide bonds. The standard InChI is InChI=1S/C18H27N3OS/c1-3-8-19-9-11-20(12-10-19)18(22)14-21-13-15(2)23-17-7-5-4-6-16(17)21/h4-7,15H,3,8-14H2,1-2H3/t15-/m1/s1. The summed E-state index contributed by atoms with van der Waals surface area (Å²) in [4.78, 5) is 20.8. The maximum atomic E-state index is 12.7. The van der Waals surface area contributed by atoms with Crippen LogP contribution in [0.15, 0.2) is 29.2 Å². The van der Waals surface area contributed by atoms with E-state index in [4.69, 9.17) is 0 Å². The van der Waals surface area contributed by atoms with Gasteiger partial charge in [0.25, 0.3) is 0 Å². The first-order valence-electron chi connectivity index (χ1n) is 8.68. The van der Waals surface area contributed by atoms with E-state index in [0.717, 1.165) is 39.3 Å². The summed E-state index contributed by atoms with van der Waals surface area (Å²) >= 11 is 1.91. The second-order valence-corrected chi connectivity index (χ2v) is 7.98. The molecule has 1 fully saturated rings. The van der Waals surface area contributed by atoms with Gasteiger partial charge in [-0.2, -0.15) is 0 Å². The third-order valence-electron chi connectivity index (χ3n) is 4.60. The summed E-state index contributed by atoms with van der Waals surface area (Å²) in [5.74, 6) is 0.273. The number of anilines is 1. The number of para-hydroxylation sites is 1. The average Bonchev–Trinajstić information content (AvgIpc) is 2.55. The number of carbonyl (C=O) groups is 1. The zero-order chi connectivity index (χ0) is 16.2. The van der Waals surface area contributed by atoms with Gasteiger partial charge in [0.1, 0.15) is 0 Å². The van der Waals surface area contributed by atoms with Crippen LogP contribution in [0.5, 0.6) is 0 Å². The molecule has 0 aliphatic carbocycles. The van der Waals surface area contributed by atoms with Gasteiger partial charge in [-0.1, -0.05) is 26.0 Å². The number of carbonyl (C=O) groups excluding carboxylic acids is 1. The fourth-order valence-corrected chi connectivity index (χ4v) is 4.59. The number of benzene rings is 1. The number of thioether (sulfide) groups is 1. The van der Waals surface area contributed by atoms with Crippen molar-refractivity contribution in [1.29, 1.82) is 0 Å². The molecule has 1 saturated heterocycles. The highest BCUT2D eigenvalue weighted by molar-refractivity contribution is 8.00. The van der Waals surface area contributed by atoms with E-state index in [2.05, 4.69) is 47.9 Å². The molecule has 0 N–H and O–H groups in total. The van der Waals surface area contributed by atoms with Crippen molar-refractivity contribution < 1.29 is 4.79 Å². The van der Waals surface area contributed by atoms with Crippen molar-refractivity contribution in [2.75, 3.05) is 50.7 Å². The molecule has 2 aliphatic heterocycles. The highest BCUT2D eigenvalue weighted by atomic mass is 32.2. The lowest BCUT2D eigenvalue weighted by atomic mass is 10.2. The molecule has 0 unspecified atom stereocenters. The molecule has 1 aromatic carbocycles. The Morgan fingerprint density at radius 3 is 2.70 bits per heavy atom. The third-order valence-corrected chi connectivity index (χ3v) is 5.75. The van der Waals surface area contributed by atoms with Crippen LogP contribution >= 0.6 is 11.8 Å². The van der Waals surface area contributed by atoms with Crippen LogP contribution in [0.3, 0.4) is 0 Å². The average molecular weight is 334 g/mol. The van der Waals surface area contributed by atoms with Crippen LogP contribution in [0.2, 0.25) is 0 Å². The molecule has 0 radical (unpaired) electrons. The van der Waals surface area contributed by atoms with Crippen molar-refractivity contribution in [3.8, 4) is 0 Å². The fourth-order valence-electron chi connectivity index (χ4n) is 3.43. The fraction of sp³-hybridized carbons (Fsp3) is 0.611. The summed E-state index contributed by atoms with van der Waals surface area (Å²) in [7, 11) is 0. The number of amides is 1. The molecule has 3 rings (SSSR count). The second-order valence-electron chi connectivity index (χ2n) is 6.50. The second kappa shape index (κ2) is 7.58. The Balaban J connectivity index is 1.60. The van der Waals surface area contributed by atoms with E-state index < -0.39 is 0 Å². The molecule has 0 bridgehead atoms. The van der Waals surface area contributed by atoms with Crippen LogP contribution in [0.25, 0.3) is 0 Å². The maximum Gasteiger partial charge on any atom is 0.242 e. The minimum Gasteiger partial charge on any atom is -0.360 e. The summed E-state index contributed by atoms with van der Waals surface area (Å²) in [6, 6.07) is 8.45. The monoisotopic (exact) mass is 333 g/mol. The number of rotatable bonds is 4. The zero-order valence-corrected chi connectivity index (χ0v) is 15.0. The minimum atomic E-state index is 0.273. The van der Waals surface area contributed by atoms with Crippen LogP contribution < -0.4 is 4.90 Å². The van der Waals surface area contributed by atoms with Gasteiger partial charge in [0.2, 0.25) is 5.91 Å². The highest BCUT2D eigenvalue weighted by Crippen LogP contribution is 2.37. The van der Waals surface area contributed by atoms with Crippen molar-refractivity contribution >= 4 is 23.4 Å². The van der Waals surface area contributed by atoms with Gasteiger partial charge in [-0.25, -0.2) is 0 Å². The van der Waals surface area contributed by atoms with Gasteiger partial charge in [-0.3, -0.25) is 9.69 Å².